The van der Waals surface area contributed by atoms with Crippen LogP contribution >= 0.6 is 0 Å². The average Bonchev–Trinajstić information content (AvgIpc) is 3.79. The number of anilines is 2. The number of para-hydroxylation sites is 3. The number of fused-ring (bicyclic) bond motifs is 6. The molecule has 0 saturated carbocycles. The Balaban J connectivity index is 0.00000427. The van der Waals surface area contributed by atoms with E-state index in [9.17, 15) is 0 Å². The van der Waals surface area contributed by atoms with Gasteiger partial charge in [0.25, 0.3) is 0 Å². The first-order valence-corrected chi connectivity index (χ1v) is 18.5. The van der Waals surface area contributed by atoms with E-state index in [0.29, 0.717) is 11.5 Å². The summed E-state index contributed by atoms with van der Waals surface area (Å²) in [6.07, 6.45) is 1.90. The molecule has 0 N–H and O–H groups in total. The topological polar surface area (TPSA) is 46.7 Å². The van der Waals surface area contributed by atoms with Gasteiger partial charge in [0.1, 0.15) is 11.4 Å². The van der Waals surface area contributed by atoms with Gasteiger partial charge in [-0.05, 0) is 66.0 Å². The standard InChI is InChI=1S/C48H43N4O2.Pt/c1-30-31(2)51(42-18-13-16-40-39-15-10-12-19-44(39)54-46(40)42)29-50(30)34-24-33(48(6,7)8)25-36(27-34)53-35-20-21-38-37-14-9-11-17-41(37)52(43(38)28-35)45-26-32(22-23-49-45)47(3,4)5;/h9-26,29H,1-8H3;/q-3;. The maximum absolute atomic E-state index is 6.72. The predicted octanol–water partition coefficient (Wildman–Crippen LogP) is 12.8. The number of hydrogen-bond donors (Lipinski definition) is 0. The Hall–Kier alpha value is -5.32. The van der Waals surface area contributed by atoms with Gasteiger partial charge in [-0.15, -0.1) is 53.6 Å². The van der Waals surface area contributed by atoms with E-state index in [4.69, 9.17) is 14.1 Å². The largest absolute Gasteiger partial charge is 0.509 e. The predicted molar refractivity (Wildman–Crippen MR) is 222 cm³/mol. The zero-order chi connectivity index (χ0) is 37.5. The van der Waals surface area contributed by atoms with Crippen LogP contribution in [-0.4, -0.2) is 9.55 Å². The Morgan fingerprint density at radius 2 is 1.36 bits per heavy atom. The molecule has 5 aromatic carbocycles. The van der Waals surface area contributed by atoms with Crippen molar-refractivity contribution in [2.24, 2.45) is 0 Å². The zero-order valence-electron chi connectivity index (χ0n) is 32.4. The molecule has 0 amide bonds. The van der Waals surface area contributed by atoms with Crippen molar-refractivity contribution in [1.29, 1.82) is 0 Å². The number of rotatable bonds is 5. The summed E-state index contributed by atoms with van der Waals surface area (Å²) in [6, 6.07) is 43.0. The van der Waals surface area contributed by atoms with E-state index < -0.39 is 0 Å². The van der Waals surface area contributed by atoms with Crippen molar-refractivity contribution < 1.29 is 30.2 Å². The zero-order valence-corrected chi connectivity index (χ0v) is 34.7. The first-order valence-electron chi connectivity index (χ1n) is 18.5. The summed E-state index contributed by atoms with van der Waals surface area (Å²) in [5, 5.41) is 4.45. The van der Waals surface area contributed by atoms with Crippen LogP contribution in [0.1, 0.15) is 66.5 Å². The molecule has 0 atom stereocenters. The number of pyridine rings is 1. The van der Waals surface area contributed by atoms with Crippen LogP contribution in [0.2, 0.25) is 0 Å². The molecule has 0 saturated heterocycles. The van der Waals surface area contributed by atoms with Gasteiger partial charge in [0, 0.05) is 66.4 Å². The van der Waals surface area contributed by atoms with Crippen molar-refractivity contribution in [3.05, 3.63) is 151 Å². The Morgan fingerprint density at radius 3 is 2.15 bits per heavy atom. The van der Waals surface area contributed by atoms with Crippen LogP contribution in [0, 0.1) is 18.8 Å². The third-order valence-electron chi connectivity index (χ3n) is 10.7. The molecule has 1 aliphatic heterocycles. The van der Waals surface area contributed by atoms with Crippen LogP contribution in [0.5, 0.6) is 11.5 Å². The molecular formula is C48H43N4O2Pt-3. The van der Waals surface area contributed by atoms with Crippen LogP contribution < -0.4 is 14.5 Å². The smallest absolute Gasteiger partial charge is 0.156 e. The van der Waals surface area contributed by atoms with E-state index >= 15 is 0 Å². The van der Waals surface area contributed by atoms with Crippen LogP contribution in [0.3, 0.4) is 0 Å². The fourth-order valence-electron chi connectivity index (χ4n) is 7.49. The first kappa shape index (κ1) is 36.6. The normalized spacial score (nSPS) is 13.8. The SMILES string of the molecule is CC1=C(C)N(c2cccc3c2oc2ccccc23)[CH-]N1c1[c-]c(Oc2[c-]c3c(cc2)c2ccccc2n3-c2cc(C(C)(C)C)ccn2)cc(C(C)(C)C)c1.[Pt]. The van der Waals surface area contributed by atoms with Gasteiger partial charge in [-0.25, -0.2) is 4.98 Å². The minimum atomic E-state index is -0.141. The molecule has 7 heteroatoms. The van der Waals surface area contributed by atoms with Crippen LogP contribution in [0.25, 0.3) is 49.6 Å². The second-order valence-electron chi connectivity index (χ2n) is 16.3. The summed E-state index contributed by atoms with van der Waals surface area (Å²) < 4.78 is 15.4. The van der Waals surface area contributed by atoms with Crippen LogP contribution in [-0.2, 0) is 31.9 Å². The molecule has 1 aliphatic rings. The van der Waals surface area contributed by atoms with Crippen molar-refractivity contribution in [2.75, 3.05) is 9.80 Å². The van der Waals surface area contributed by atoms with E-state index in [1.807, 2.05) is 24.4 Å². The van der Waals surface area contributed by atoms with Crippen molar-refractivity contribution in [3.63, 3.8) is 0 Å². The molecular weight excluding hydrogens is 860 g/mol. The van der Waals surface area contributed by atoms with Gasteiger partial charge in [0.05, 0.1) is 5.69 Å². The number of hydrogen-bond acceptors (Lipinski definition) is 5. The fraction of sp³-hybridized carbons (Fsp3) is 0.208. The quantitative estimate of drug-likeness (QED) is 0.161. The molecule has 4 heterocycles. The Labute approximate surface area is 337 Å². The van der Waals surface area contributed by atoms with Gasteiger partial charge >= 0.3 is 0 Å². The second-order valence-corrected chi connectivity index (χ2v) is 16.3. The van der Waals surface area contributed by atoms with Gasteiger partial charge < -0.3 is 23.5 Å². The Bertz CT molecular complexity index is 2800. The number of benzene rings is 5. The number of aromatic nitrogens is 2. The maximum Gasteiger partial charge on any atom is 0.156 e. The molecule has 0 radical (unpaired) electrons. The molecule has 55 heavy (non-hydrogen) atoms. The van der Waals surface area contributed by atoms with Gasteiger partial charge in [-0.3, -0.25) is 0 Å². The van der Waals surface area contributed by atoms with Crippen molar-refractivity contribution in [1.82, 2.24) is 9.55 Å². The third kappa shape index (κ3) is 6.31. The minimum Gasteiger partial charge on any atom is -0.509 e. The van der Waals surface area contributed by atoms with Gasteiger partial charge in [0.2, 0.25) is 0 Å². The van der Waals surface area contributed by atoms with Crippen molar-refractivity contribution in [2.45, 2.75) is 66.2 Å². The minimum absolute atomic E-state index is 0. The van der Waals surface area contributed by atoms with Gasteiger partial charge in [-0.1, -0.05) is 95.6 Å². The summed E-state index contributed by atoms with van der Waals surface area (Å²) >= 11 is 0. The fourth-order valence-corrected chi connectivity index (χ4v) is 7.49. The summed E-state index contributed by atoms with van der Waals surface area (Å²) in [4.78, 5) is 9.25. The maximum atomic E-state index is 6.72. The Kier molecular flexibility index (Phi) is 8.97. The van der Waals surface area contributed by atoms with Gasteiger partial charge in [-0.2, -0.15) is 6.07 Å². The summed E-state index contributed by atoms with van der Waals surface area (Å²) in [7, 11) is 0. The Morgan fingerprint density at radius 1 is 0.655 bits per heavy atom. The molecule has 3 aromatic heterocycles. The summed E-state index contributed by atoms with van der Waals surface area (Å²) in [5.74, 6) is 2.09. The number of allylic oxidation sites excluding steroid dienone is 2. The molecule has 0 spiro atoms. The number of furan rings is 1. The molecule has 8 aromatic rings. The third-order valence-corrected chi connectivity index (χ3v) is 10.7. The van der Waals surface area contributed by atoms with E-state index in [1.54, 1.807) is 0 Å². The van der Waals surface area contributed by atoms with Crippen LogP contribution in [0.4, 0.5) is 11.4 Å². The van der Waals surface area contributed by atoms with E-state index in [0.717, 1.165) is 77.9 Å². The van der Waals surface area contributed by atoms with Crippen molar-refractivity contribution in [3.8, 4) is 17.3 Å². The molecule has 9 rings (SSSR count). The molecule has 0 unspecified atom stereocenters. The molecule has 6 nitrogen and oxygen atoms in total. The second kappa shape index (κ2) is 13.5. The monoisotopic (exact) mass is 902 g/mol. The van der Waals surface area contributed by atoms with Crippen molar-refractivity contribution >= 4 is 55.1 Å². The molecule has 280 valence electrons. The number of nitrogens with zero attached hydrogens (tertiary/aromatic N) is 4. The van der Waals surface area contributed by atoms with E-state index in [-0.39, 0.29) is 31.9 Å². The van der Waals surface area contributed by atoms with E-state index in [1.165, 1.54) is 5.56 Å². The summed E-state index contributed by atoms with van der Waals surface area (Å²) in [5.41, 5.74) is 10.0. The summed E-state index contributed by atoms with van der Waals surface area (Å²) in [6.45, 7) is 19.8. The van der Waals surface area contributed by atoms with Gasteiger partial charge in [0.15, 0.2) is 5.58 Å². The first-order chi connectivity index (χ1) is 25.8. The molecule has 0 fully saturated rings. The van der Waals surface area contributed by atoms with E-state index in [2.05, 4.69) is 173 Å². The van der Waals surface area contributed by atoms with Crippen LogP contribution in [0.15, 0.2) is 125 Å². The average molecular weight is 903 g/mol. The number of ether oxygens (including phenoxy) is 1. The molecule has 0 bridgehead atoms. The molecule has 0 aliphatic carbocycles.